The van der Waals surface area contributed by atoms with Gasteiger partial charge in [-0.15, -0.1) is 0 Å². The molecule has 0 saturated carbocycles. The minimum atomic E-state index is -0.378. The van der Waals surface area contributed by atoms with Crippen molar-refractivity contribution in [2.45, 2.75) is 13.5 Å². The van der Waals surface area contributed by atoms with E-state index in [1.54, 1.807) is 13.0 Å². The van der Waals surface area contributed by atoms with Gasteiger partial charge in [0, 0.05) is 25.0 Å². The predicted octanol–water partition coefficient (Wildman–Crippen LogP) is 0.285. The molecule has 0 aliphatic rings. The lowest BCUT2D eigenvalue weighted by Gasteiger charge is -2.08. The lowest BCUT2D eigenvalue weighted by atomic mass is 10.5. The maximum atomic E-state index is 12.0. The lowest BCUT2D eigenvalue weighted by Crippen LogP contribution is -2.34. The summed E-state index contributed by atoms with van der Waals surface area (Å²) in [4.78, 5) is 27.4. The molecule has 2 aromatic rings. The van der Waals surface area contributed by atoms with Crippen LogP contribution in [0.5, 0.6) is 0 Å². The Kier molecular flexibility index (Phi) is 3.14. The lowest BCUT2D eigenvalue weighted by molar-refractivity contribution is -0.121. The van der Waals surface area contributed by atoms with Crippen LogP contribution < -0.4 is 11.0 Å². The molecule has 17 heavy (non-hydrogen) atoms. The highest BCUT2D eigenvalue weighted by Gasteiger charge is 2.10. The molecule has 6 nitrogen and oxygen atoms in total. The van der Waals surface area contributed by atoms with Gasteiger partial charge in [-0.05, 0) is 6.92 Å². The smallest absolute Gasteiger partial charge is 0.335 e. The molecule has 2 rings (SSSR count). The van der Waals surface area contributed by atoms with E-state index in [1.165, 1.54) is 21.4 Å². The third kappa shape index (κ3) is 2.16. The molecular formula is C10H11ClN4O2. The summed E-state index contributed by atoms with van der Waals surface area (Å²) in [6.45, 7) is 2.22. The number of nitrogens with zero attached hydrogens (tertiary/aromatic N) is 3. The second-order valence-electron chi connectivity index (χ2n) is 3.44. The molecule has 0 saturated heterocycles. The first-order valence-corrected chi connectivity index (χ1v) is 5.50. The van der Waals surface area contributed by atoms with Gasteiger partial charge in [-0.2, -0.15) is 0 Å². The van der Waals surface area contributed by atoms with Gasteiger partial charge >= 0.3 is 5.69 Å². The molecular weight excluding hydrogens is 244 g/mol. The number of carbonyl (C=O) groups excluding carboxylic acids is 1. The highest BCUT2D eigenvalue weighted by atomic mass is 35.5. The molecule has 0 aliphatic heterocycles. The van der Waals surface area contributed by atoms with Gasteiger partial charge in [-0.1, -0.05) is 11.6 Å². The number of halogens is 1. The Morgan fingerprint density at radius 2 is 2.35 bits per heavy atom. The third-order valence-corrected chi connectivity index (χ3v) is 2.60. The minimum Gasteiger partial charge on any atom is -0.355 e. The molecule has 1 amide bonds. The highest BCUT2D eigenvalue weighted by molar-refractivity contribution is 6.29. The van der Waals surface area contributed by atoms with Gasteiger partial charge in [-0.3, -0.25) is 13.8 Å². The van der Waals surface area contributed by atoms with E-state index in [9.17, 15) is 9.59 Å². The average Bonchev–Trinajstić information content (AvgIpc) is 2.72. The number of hydrogen-bond acceptors (Lipinski definition) is 3. The monoisotopic (exact) mass is 254 g/mol. The summed E-state index contributed by atoms with van der Waals surface area (Å²) >= 11 is 5.94. The summed E-state index contributed by atoms with van der Waals surface area (Å²) in [7, 11) is 0. The van der Waals surface area contributed by atoms with Crippen LogP contribution in [0.2, 0.25) is 5.15 Å². The number of likely N-dealkylation sites (N-methyl/N-ethyl adjacent to an activating group) is 1. The maximum Gasteiger partial charge on any atom is 0.335 e. The molecule has 7 heteroatoms. The Bertz CT molecular complexity index is 616. The second-order valence-corrected chi connectivity index (χ2v) is 3.83. The van der Waals surface area contributed by atoms with E-state index in [2.05, 4.69) is 10.3 Å². The number of fused-ring (bicyclic) bond motifs is 1. The van der Waals surface area contributed by atoms with E-state index in [0.717, 1.165) is 0 Å². The number of aromatic nitrogens is 3. The van der Waals surface area contributed by atoms with Gasteiger partial charge in [0.15, 0.2) is 0 Å². The fourth-order valence-corrected chi connectivity index (χ4v) is 1.76. The van der Waals surface area contributed by atoms with Gasteiger partial charge in [0.25, 0.3) is 0 Å². The molecule has 2 heterocycles. The Morgan fingerprint density at radius 3 is 3.06 bits per heavy atom. The SMILES string of the molecule is CCNC(=O)Cn1c(Cl)cc2nccn2c1=O. The largest absolute Gasteiger partial charge is 0.355 e. The van der Waals surface area contributed by atoms with Crippen molar-refractivity contribution >= 4 is 23.2 Å². The first kappa shape index (κ1) is 11.7. The van der Waals surface area contributed by atoms with Crippen LogP contribution in [0, 0.1) is 0 Å². The van der Waals surface area contributed by atoms with E-state index in [4.69, 9.17) is 11.6 Å². The molecule has 1 N–H and O–H groups in total. The van der Waals surface area contributed by atoms with Gasteiger partial charge in [0.2, 0.25) is 5.91 Å². The standard InChI is InChI=1S/C10H11ClN4O2/c1-2-12-9(16)6-15-7(11)5-8-13-3-4-14(8)10(15)17/h3-5H,2,6H2,1H3,(H,12,16). The molecule has 0 atom stereocenters. The van der Waals surface area contributed by atoms with Crippen molar-refractivity contribution in [1.29, 1.82) is 0 Å². The normalized spacial score (nSPS) is 10.7. The molecule has 0 fully saturated rings. The van der Waals surface area contributed by atoms with Crippen molar-refractivity contribution < 1.29 is 4.79 Å². The van der Waals surface area contributed by atoms with Crippen LogP contribution in [0.25, 0.3) is 5.65 Å². The summed E-state index contributed by atoms with van der Waals surface area (Å²) in [5.74, 6) is -0.254. The van der Waals surface area contributed by atoms with Crippen LogP contribution in [0.1, 0.15) is 6.92 Å². The molecule has 0 unspecified atom stereocenters. The van der Waals surface area contributed by atoms with Crippen LogP contribution >= 0.6 is 11.6 Å². The number of nitrogens with one attached hydrogen (secondary N) is 1. The van der Waals surface area contributed by atoms with Crippen LogP contribution in [0.15, 0.2) is 23.3 Å². The predicted molar refractivity (Wildman–Crippen MR) is 63.1 cm³/mol. The average molecular weight is 255 g/mol. The van der Waals surface area contributed by atoms with Gasteiger partial charge in [-0.25, -0.2) is 9.78 Å². The Labute approximate surface area is 102 Å². The van der Waals surface area contributed by atoms with Crippen molar-refractivity contribution in [3.63, 3.8) is 0 Å². The number of amides is 1. The topological polar surface area (TPSA) is 68.4 Å². The van der Waals surface area contributed by atoms with E-state index >= 15 is 0 Å². The fourth-order valence-electron chi connectivity index (χ4n) is 1.53. The summed E-state index contributed by atoms with van der Waals surface area (Å²) in [5.41, 5.74) is 0.0865. The Balaban J connectivity index is 2.46. The van der Waals surface area contributed by atoms with Gasteiger partial charge < -0.3 is 5.32 Å². The maximum absolute atomic E-state index is 12.0. The summed E-state index contributed by atoms with van der Waals surface area (Å²) in [6, 6.07) is 1.54. The second kappa shape index (κ2) is 4.58. The summed E-state index contributed by atoms with van der Waals surface area (Å²) in [5, 5.41) is 2.80. The Hall–Kier alpha value is -1.82. The number of imidazole rings is 1. The van der Waals surface area contributed by atoms with Crippen molar-refractivity contribution in [1.82, 2.24) is 19.3 Å². The molecule has 0 aliphatic carbocycles. The minimum absolute atomic E-state index is 0.0976. The molecule has 0 spiro atoms. The van der Waals surface area contributed by atoms with E-state index in [1.807, 2.05) is 0 Å². The molecule has 90 valence electrons. The van der Waals surface area contributed by atoms with Crippen LogP contribution in [-0.2, 0) is 11.3 Å². The Morgan fingerprint density at radius 1 is 1.59 bits per heavy atom. The zero-order chi connectivity index (χ0) is 12.4. The van der Waals surface area contributed by atoms with Crippen molar-refractivity contribution in [3.05, 3.63) is 34.1 Å². The molecule has 0 bridgehead atoms. The molecule has 2 aromatic heterocycles. The van der Waals surface area contributed by atoms with Crippen LogP contribution in [0.3, 0.4) is 0 Å². The van der Waals surface area contributed by atoms with Crippen molar-refractivity contribution in [2.75, 3.05) is 6.54 Å². The number of hydrogen-bond donors (Lipinski definition) is 1. The van der Waals surface area contributed by atoms with Crippen LogP contribution in [0.4, 0.5) is 0 Å². The van der Waals surface area contributed by atoms with E-state index in [0.29, 0.717) is 12.2 Å². The third-order valence-electron chi connectivity index (χ3n) is 2.29. The van der Waals surface area contributed by atoms with Crippen LogP contribution in [-0.4, -0.2) is 26.4 Å². The van der Waals surface area contributed by atoms with Crippen molar-refractivity contribution in [2.24, 2.45) is 0 Å². The number of rotatable bonds is 3. The molecule has 0 aromatic carbocycles. The van der Waals surface area contributed by atoms with E-state index < -0.39 is 0 Å². The van der Waals surface area contributed by atoms with Gasteiger partial charge in [0.1, 0.15) is 17.3 Å². The molecule has 0 radical (unpaired) electrons. The fraction of sp³-hybridized carbons (Fsp3) is 0.300. The first-order valence-electron chi connectivity index (χ1n) is 5.12. The quantitative estimate of drug-likeness (QED) is 0.801. The summed E-state index contributed by atoms with van der Waals surface area (Å²) < 4.78 is 2.53. The zero-order valence-corrected chi connectivity index (χ0v) is 9.94. The highest BCUT2D eigenvalue weighted by Crippen LogP contribution is 2.08. The summed E-state index contributed by atoms with van der Waals surface area (Å²) in [6.07, 6.45) is 3.03. The van der Waals surface area contributed by atoms with Gasteiger partial charge in [0.05, 0.1) is 0 Å². The van der Waals surface area contributed by atoms with E-state index in [-0.39, 0.29) is 23.3 Å². The number of carbonyl (C=O) groups is 1. The zero-order valence-electron chi connectivity index (χ0n) is 9.18. The van der Waals surface area contributed by atoms with Crippen molar-refractivity contribution in [3.8, 4) is 0 Å². The first-order chi connectivity index (χ1) is 8.13.